The number of carbonyl (C=O) groups excluding carboxylic acids is 1. The molecule has 0 bridgehead atoms. The second-order valence-corrected chi connectivity index (χ2v) is 8.35. The maximum Gasteiger partial charge on any atom is 0.261 e. The summed E-state index contributed by atoms with van der Waals surface area (Å²) in [4.78, 5) is 12.5. The molecule has 3 aromatic rings. The first kappa shape index (κ1) is 21.6. The van der Waals surface area contributed by atoms with Gasteiger partial charge in [0.2, 0.25) is 0 Å². The van der Waals surface area contributed by atoms with Crippen molar-refractivity contribution in [1.29, 1.82) is 0 Å². The van der Waals surface area contributed by atoms with Crippen LogP contribution in [0.25, 0.3) is 0 Å². The number of nitrogens with one attached hydrogen (secondary N) is 2. The molecule has 0 aromatic heterocycles. The van der Waals surface area contributed by atoms with E-state index >= 15 is 0 Å². The largest absolute Gasteiger partial charge is 0.497 e. The van der Waals surface area contributed by atoms with Gasteiger partial charge in [0.25, 0.3) is 15.9 Å². The van der Waals surface area contributed by atoms with Gasteiger partial charge in [-0.15, -0.1) is 0 Å². The number of hydrogen-bond acceptors (Lipinski definition) is 4. The van der Waals surface area contributed by atoms with Crippen molar-refractivity contribution in [1.82, 2.24) is 5.32 Å². The Bertz CT molecular complexity index is 1170. The number of ether oxygens (including phenoxy) is 1. The van der Waals surface area contributed by atoms with E-state index < -0.39 is 21.7 Å². The average Bonchev–Trinajstić information content (AvgIpc) is 2.74. The van der Waals surface area contributed by atoms with Gasteiger partial charge < -0.3 is 10.1 Å². The van der Waals surface area contributed by atoms with Crippen LogP contribution < -0.4 is 14.8 Å². The Morgan fingerprint density at radius 3 is 2.47 bits per heavy atom. The molecule has 1 amide bonds. The highest BCUT2D eigenvalue weighted by atomic mass is 35.5. The molecule has 0 spiro atoms. The Morgan fingerprint density at radius 1 is 1.07 bits per heavy atom. The lowest BCUT2D eigenvalue weighted by Crippen LogP contribution is -2.25. The molecular weight excluding hydrogens is 431 g/mol. The smallest absolute Gasteiger partial charge is 0.261 e. The normalized spacial score (nSPS) is 11.0. The highest BCUT2D eigenvalue weighted by Gasteiger charge is 2.20. The van der Waals surface area contributed by atoms with Gasteiger partial charge in [-0.2, -0.15) is 0 Å². The van der Waals surface area contributed by atoms with Crippen LogP contribution in [0.3, 0.4) is 0 Å². The van der Waals surface area contributed by atoms with Crippen molar-refractivity contribution in [2.24, 2.45) is 0 Å². The van der Waals surface area contributed by atoms with Crippen LogP contribution in [0.2, 0.25) is 5.02 Å². The minimum atomic E-state index is -4.12. The maximum absolute atomic E-state index is 13.4. The third kappa shape index (κ3) is 5.08. The fourth-order valence-corrected chi connectivity index (χ4v) is 4.00. The molecule has 0 aliphatic rings. The van der Waals surface area contributed by atoms with E-state index in [9.17, 15) is 17.6 Å². The molecular formula is C21H18ClFN2O4S. The minimum absolute atomic E-state index is 0.0433. The first-order valence-corrected chi connectivity index (χ1v) is 10.6. The molecule has 0 aliphatic heterocycles. The fourth-order valence-electron chi connectivity index (χ4n) is 2.65. The zero-order chi connectivity index (χ0) is 21.7. The Labute approximate surface area is 178 Å². The monoisotopic (exact) mass is 448 g/mol. The molecule has 0 radical (unpaired) electrons. The lowest BCUT2D eigenvalue weighted by Gasteiger charge is -2.14. The predicted molar refractivity (Wildman–Crippen MR) is 113 cm³/mol. The predicted octanol–water partition coefficient (Wildman–Crippen LogP) is 4.22. The van der Waals surface area contributed by atoms with Crippen LogP contribution in [0.5, 0.6) is 5.75 Å². The summed E-state index contributed by atoms with van der Waals surface area (Å²) in [6.45, 7) is 0.261. The second kappa shape index (κ2) is 9.15. The van der Waals surface area contributed by atoms with Gasteiger partial charge in [0.1, 0.15) is 11.6 Å². The molecule has 0 atom stereocenters. The number of anilines is 1. The highest BCUT2D eigenvalue weighted by molar-refractivity contribution is 7.92. The van der Waals surface area contributed by atoms with Crippen LogP contribution >= 0.6 is 11.6 Å². The van der Waals surface area contributed by atoms with Gasteiger partial charge in [0.15, 0.2) is 0 Å². The van der Waals surface area contributed by atoms with Gasteiger partial charge in [0.05, 0.1) is 28.3 Å². The number of hydrogen-bond donors (Lipinski definition) is 2. The van der Waals surface area contributed by atoms with E-state index in [0.717, 1.165) is 23.8 Å². The Hall–Kier alpha value is -3.10. The zero-order valence-electron chi connectivity index (χ0n) is 15.9. The van der Waals surface area contributed by atoms with Gasteiger partial charge in [-0.3, -0.25) is 9.52 Å². The van der Waals surface area contributed by atoms with Gasteiger partial charge in [-0.25, -0.2) is 12.8 Å². The number of halogens is 2. The van der Waals surface area contributed by atoms with E-state index in [4.69, 9.17) is 16.3 Å². The molecule has 0 aliphatic carbocycles. The molecule has 0 saturated carbocycles. The second-order valence-electron chi connectivity index (χ2n) is 6.26. The summed E-state index contributed by atoms with van der Waals surface area (Å²) in [5, 5.41) is 2.42. The maximum atomic E-state index is 13.4. The third-order valence-corrected chi connectivity index (χ3v) is 5.87. The quantitative estimate of drug-likeness (QED) is 0.566. The van der Waals surface area contributed by atoms with Gasteiger partial charge in [-0.05, 0) is 42.0 Å². The molecule has 0 heterocycles. The molecule has 3 aromatic carbocycles. The highest BCUT2D eigenvalue weighted by Crippen LogP contribution is 2.26. The van der Waals surface area contributed by atoms with Crippen molar-refractivity contribution < 1.29 is 22.3 Å². The molecule has 156 valence electrons. The average molecular weight is 449 g/mol. The van der Waals surface area contributed by atoms with Gasteiger partial charge in [0, 0.05) is 6.54 Å². The Morgan fingerprint density at radius 2 is 1.80 bits per heavy atom. The van der Waals surface area contributed by atoms with Crippen LogP contribution in [0.1, 0.15) is 15.9 Å². The topological polar surface area (TPSA) is 84.5 Å². The molecule has 6 nitrogen and oxygen atoms in total. The SMILES string of the molecule is COc1ccc(NS(=O)(=O)c2ccc(F)c(Cl)c2)c(C(=O)NCc2ccccc2)c1. The first-order valence-electron chi connectivity index (χ1n) is 8.78. The van der Waals surface area contributed by atoms with Crippen LogP contribution in [0.15, 0.2) is 71.6 Å². The standard InChI is InChI=1S/C21H18ClFN2O4S/c1-29-15-7-10-20(25-30(27,28)16-8-9-19(23)18(22)12-16)17(11-15)21(26)24-13-14-5-3-2-4-6-14/h2-12,25H,13H2,1H3,(H,24,26). The number of amides is 1. The van der Waals surface area contributed by atoms with E-state index in [2.05, 4.69) is 10.0 Å². The van der Waals surface area contributed by atoms with Crippen molar-refractivity contribution in [3.05, 3.63) is 88.7 Å². The fraction of sp³-hybridized carbons (Fsp3) is 0.0952. The van der Waals surface area contributed by atoms with Crippen molar-refractivity contribution in [3.8, 4) is 5.75 Å². The van der Waals surface area contributed by atoms with E-state index in [0.29, 0.717) is 5.75 Å². The summed E-state index contributed by atoms with van der Waals surface area (Å²) in [5.74, 6) is -0.846. The van der Waals surface area contributed by atoms with E-state index in [1.54, 1.807) is 0 Å². The van der Waals surface area contributed by atoms with E-state index in [-0.39, 0.29) is 27.7 Å². The summed E-state index contributed by atoms with van der Waals surface area (Å²) in [6.07, 6.45) is 0. The van der Waals surface area contributed by atoms with E-state index in [1.165, 1.54) is 25.3 Å². The van der Waals surface area contributed by atoms with Crippen LogP contribution in [0.4, 0.5) is 10.1 Å². The summed E-state index contributed by atoms with van der Waals surface area (Å²) in [5.41, 5.74) is 1.00. The number of benzene rings is 3. The van der Waals surface area contributed by atoms with Crippen LogP contribution in [-0.4, -0.2) is 21.4 Å². The molecule has 2 N–H and O–H groups in total. The molecule has 0 fully saturated rings. The molecule has 0 unspecified atom stereocenters. The minimum Gasteiger partial charge on any atom is -0.497 e. The van der Waals surface area contributed by atoms with Crippen molar-refractivity contribution in [2.45, 2.75) is 11.4 Å². The van der Waals surface area contributed by atoms with Crippen molar-refractivity contribution in [2.75, 3.05) is 11.8 Å². The van der Waals surface area contributed by atoms with Crippen LogP contribution in [-0.2, 0) is 16.6 Å². The van der Waals surface area contributed by atoms with Crippen molar-refractivity contribution in [3.63, 3.8) is 0 Å². The number of carbonyl (C=O) groups is 1. The number of sulfonamides is 1. The Balaban J connectivity index is 1.88. The van der Waals surface area contributed by atoms with E-state index in [1.807, 2.05) is 30.3 Å². The Kier molecular flexibility index (Phi) is 6.59. The third-order valence-electron chi connectivity index (χ3n) is 4.21. The zero-order valence-corrected chi connectivity index (χ0v) is 17.4. The molecule has 30 heavy (non-hydrogen) atoms. The van der Waals surface area contributed by atoms with Gasteiger partial charge >= 0.3 is 0 Å². The molecule has 9 heteroatoms. The summed E-state index contributed by atoms with van der Waals surface area (Å²) >= 11 is 5.70. The number of rotatable bonds is 7. The van der Waals surface area contributed by atoms with Crippen molar-refractivity contribution >= 4 is 33.2 Å². The lowest BCUT2D eigenvalue weighted by molar-refractivity contribution is 0.0951. The molecule has 3 rings (SSSR count). The molecule has 0 saturated heterocycles. The number of methoxy groups -OCH3 is 1. The lowest BCUT2D eigenvalue weighted by atomic mass is 10.1. The van der Waals surface area contributed by atoms with Gasteiger partial charge in [-0.1, -0.05) is 41.9 Å². The summed E-state index contributed by atoms with van der Waals surface area (Å²) in [7, 11) is -2.68. The van der Waals surface area contributed by atoms with Crippen LogP contribution in [0, 0.1) is 5.82 Å². The summed E-state index contributed by atoms with van der Waals surface area (Å²) < 4.78 is 46.3. The summed E-state index contributed by atoms with van der Waals surface area (Å²) in [6, 6.07) is 16.7. The first-order chi connectivity index (χ1) is 14.3.